The quantitative estimate of drug-likeness (QED) is 0.866. The van der Waals surface area contributed by atoms with Gasteiger partial charge in [0.25, 0.3) is 4.92 Å². The minimum atomic E-state index is -4.74. The van der Waals surface area contributed by atoms with Crippen LogP contribution in [0.3, 0.4) is 0 Å². The van der Waals surface area contributed by atoms with Crippen molar-refractivity contribution in [2.75, 3.05) is 12.4 Å². The molecule has 0 spiro atoms. The Bertz CT molecular complexity index is 527. The van der Waals surface area contributed by atoms with Crippen LogP contribution in [0.4, 0.5) is 24.5 Å². The summed E-state index contributed by atoms with van der Waals surface area (Å²) >= 11 is 0. The highest BCUT2D eigenvalue weighted by Crippen LogP contribution is 2.37. The number of benzene rings is 1. The smallest absolute Gasteiger partial charge is 0.326 e. The van der Waals surface area contributed by atoms with Crippen LogP contribution in [0, 0.1) is 10.8 Å². The minimum absolute atomic E-state index is 0.0377. The van der Waals surface area contributed by atoms with Crippen LogP contribution in [0.1, 0.15) is 19.4 Å². The van der Waals surface area contributed by atoms with E-state index in [9.17, 15) is 22.9 Å². The molecule has 1 N–H and O–H groups in total. The SMILES string of the molecule is CO[N+](=O)c1ccc(NC(=O)C(C)C)cc1C(F)(F)F. The highest BCUT2D eigenvalue weighted by molar-refractivity contribution is 5.92. The van der Waals surface area contributed by atoms with Gasteiger partial charge >= 0.3 is 11.9 Å². The maximum absolute atomic E-state index is 12.9. The van der Waals surface area contributed by atoms with Gasteiger partial charge in [0.15, 0.2) is 7.11 Å². The van der Waals surface area contributed by atoms with Gasteiger partial charge in [-0.1, -0.05) is 13.8 Å². The number of carbonyl (C=O) groups is 1. The molecule has 0 atom stereocenters. The summed E-state index contributed by atoms with van der Waals surface area (Å²) in [5.74, 6) is -0.796. The number of nitrogens with one attached hydrogen (secondary N) is 1. The number of hydrogen-bond donors (Lipinski definition) is 1. The van der Waals surface area contributed by atoms with E-state index >= 15 is 0 Å². The lowest BCUT2D eigenvalue weighted by molar-refractivity contribution is -0.737. The largest absolute Gasteiger partial charge is 0.423 e. The van der Waals surface area contributed by atoms with Crippen molar-refractivity contribution < 1.29 is 27.7 Å². The van der Waals surface area contributed by atoms with Gasteiger partial charge in [0.1, 0.15) is 5.56 Å². The number of alkyl halides is 3. The normalized spacial score (nSPS) is 11.3. The first-order chi connectivity index (χ1) is 9.16. The van der Waals surface area contributed by atoms with Gasteiger partial charge in [-0.3, -0.25) is 4.79 Å². The summed E-state index contributed by atoms with van der Waals surface area (Å²) in [5.41, 5.74) is -1.90. The topological polar surface area (TPSA) is 58.4 Å². The Balaban J connectivity index is 3.22. The van der Waals surface area contributed by atoms with Crippen LogP contribution in [0.15, 0.2) is 18.2 Å². The Kier molecular flexibility index (Phi) is 4.69. The van der Waals surface area contributed by atoms with Crippen LogP contribution in [-0.4, -0.2) is 17.9 Å². The Morgan fingerprint density at radius 3 is 2.40 bits per heavy atom. The number of hydrogen-bond acceptors (Lipinski definition) is 3. The first-order valence-corrected chi connectivity index (χ1v) is 5.70. The zero-order chi connectivity index (χ0) is 15.5. The van der Waals surface area contributed by atoms with Gasteiger partial charge in [0.2, 0.25) is 5.91 Å². The minimum Gasteiger partial charge on any atom is -0.326 e. The van der Waals surface area contributed by atoms with Crippen LogP contribution in [0.5, 0.6) is 0 Å². The maximum Gasteiger partial charge on any atom is 0.423 e. The third kappa shape index (κ3) is 3.69. The molecule has 110 valence electrons. The molecule has 0 aliphatic rings. The van der Waals surface area contributed by atoms with Crippen molar-refractivity contribution in [3.63, 3.8) is 0 Å². The van der Waals surface area contributed by atoms with E-state index in [1.165, 1.54) is 6.07 Å². The van der Waals surface area contributed by atoms with Gasteiger partial charge in [0, 0.05) is 17.7 Å². The number of anilines is 1. The lowest BCUT2D eigenvalue weighted by Gasteiger charge is -2.11. The second-order valence-corrected chi connectivity index (χ2v) is 4.31. The van der Waals surface area contributed by atoms with Crippen molar-refractivity contribution in [1.82, 2.24) is 0 Å². The molecule has 1 rings (SSSR count). The fraction of sp³-hybridized carbons (Fsp3) is 0.417. The standard InChI is InChI=1S/C12H13F3N2O3/c1-7(2)11(18)16-8-4-5-10(17(19)20-3)9(6-8)12(13,14)15/h4-7H,1-3H3/p+1. The van der Waals surface area contributed by atoms with Crippen molar-refractivity contribution in [2.45, 2.75) is 20.0 Å². The van der Waals surface area contributed by atoms with Gasteiger partial charge in [-0.25, -0.2) is 4.84 Å². The Morgan fingerprint density at radius 2 is 1.95 bits per heavy atom. The molecule has 0 fully saturated rings. The van der Waals surface area contributed by atoms with Crippen LogP contribution in [-0.2, 0) is 15.8 Å². The van der Waals surface area contributed by atoms with Gasteiger partial charge in [-0.2, -0.15) is 13.2 Å². The molecular formula is C12H14F3N2O3+. The van der Waals surface area contributed by atoms with E-state index in [0.717, 1.165) is 13.2 Å². The van der Waals surface area contributed by atoms with Crippen LogP contribution >= 0.6 is 0 Å². The summed E-state index contributed by atoms with van der Waals surface area (Å²) in [6, 6.07) is 2.84. The summed E-state index contributed by atoms with van der Waals surface area (Å²) in [4.78, 5) is 26.7. The predicted molar refractivity (Wildman–Crippen MR) is 65.2 cm³/mol. The van der Waals surface area contributed by atoms with E-state index in [0.29, 0.717) is 6.07 Å². The van der Waals surface area contributed by atoms with Crippen molar-refractivity contribution in [3.05, 3.63) is 28.7 Å². The molecule has 0 aliphatic carbocycles. The van der Waals surface area contributed by atoms with Crippen molar-refractivity contribution >= 4 is 17.3 Å². The molecule has 0 heterocycles. The number of halogens is 3. The number of rotatable bonds is 4. The second-order valence-electron chi connectivity index (χ2n) is 4.31. The first kappa shape index (κ1) is 15.9. The molecule has 20 heavy (non-hydrogen) atoms. The maximum atomic E-state index is 12.9. The van der Waals surface area contributed by atoms with E-state index in [2.05, 4.69) is 10.2 Å². The summed E-state index contributed by atoms with van der Waals surface area (Å²) in [7, 11) is 0.960. The molecule has 0 radical (unpaired) electrons. The molecule has 1 amide bonds. The van der Waals surface area contributed by atoms with Crippen LogP contribution in [0.2, 0.25) is 0 Å². The molecule has 1 aromatic carbocycles. The molecule has 0 aromatic heterocycles. The highest BCUT2D eigenvalue weighted by atomic mass is 19.4. The Labute approximate surface area is 113 Å². The van der Waals surface area contributed by atoms with Crippen molar-refractivity contribution in [1.29, 1.82) is 0 Å². The van der Waals surface area contributed by atoms with Crippen molar-refractivity contribution in [2.24, 2.45) is 5.92 Å². The van der Waals surface area contributed by atoms with E-state index < -0.39 is 23.3 Å². The van der Waals surface area contributed by atoms with Gasteiger partial charge < -0.3 is 5.32 Å². The second kappa shape index (κ2) is 5.89. The van der Waals surface area contributed by atoms with E-state index in [-0.39, 0.29) is 16.5 Å². The third-order valence-corrected chi connectivity index (χ3v) is 2.46. The predicted octanol–water partition coefficient (Wildman–Crippen LogP) is 3.27. The van der Waals surface area contributed by atoms with Gasteiger partial charge in [0.05, 0.1) is 4.91 Å². The van der Waals surface area contributed by atoms with Crippen LogP contribution in [0.25, 0.3) is 0 Å². The fourth-order valence-electron chi connectivity index (χ4n) is 1.39. The first-order valence-electron chi connectivity index (χ1n) is 5.70. The molecule has 0 aliphatic heterocycles. The molecule has 0 saturated heterocycles. The van der Waals surface area contributed by atoms with E-state index in [1.807, 2.05) is 0 Å². The highest BCUT2D eigenvalue weighted by Gasteiger charge is 2.40. The zero-order valence-electron chi connectivity index (χ0n) is 11.1. The molecule has 1 aromatic rings. The zero-order valence-corrected chi connectivity index (χ0v) is 11.1. The monoisotopic (exact) mass is 291 g/mol. The van der Waals surface area contributed by atoms with Crippen LogP contribution < -0.4 is 5.32 Å². The average Bonchev–Trinajstić information content (AvgIpc) is 2.36. The average molecular weight is 291 g/mol. The Hall–Kier alpha value is -2.12. The number of carbonyl (C=O) groups excluding carboxylic acids is 1. The van der Waals surface area contributed by atoms with Crippen molar-refractivity contribution in [3.8, 4) is 0 Å². The summed E-state index contributed by atoms with van der Waals surface area (Å²) in [6.07, 6.45) is -4.74. The molecule has 5 nitrogen and oxygen atoms in total. The molecule has 0 saturated carbocycles. The lowest BCUT2D eigenvalue weighted by atomic mass is 10.1. The fourth-order valence-corrected chi connectivity index (χ4v) is 1.39. The van der Waals surface area contributed by atoms with Gasteiger partial charge in [-0.15, -0.1) is 0 Å². The van der Waals surface area contributed by atoms with E-state index in [1.54, 1.807) is 13.8 Å². The lowest BCUT2D eigenvalue weighted by Crippen LogP contribution is -2.18. The third-order valence-electron chi connectivity index (χ3n) is 2.46. The Morgan fingerprint density at radius 1 is 1.35 bits per heavy atom. The number of nitrogens with zero attached hydrogens (tertiary/aromatic N) is 1. The summed E-state index contributed by atoms with van der Waals surface area (Å²) < 4.78 is 38.7. The summed E-state index contributed by atoms with van der Waals surface area (Å²) in [5, 5.41) is 2.34. The molecule has 0 unspecified atom stereocenters. The molecule has 0 bridgehead atoms. The molecular weight excluding hydrogens is 277 g/mol. The van der Waals surface area contributed by atoms with E-state index in [4.69, 9.17) is 0 Å². The summed E-state index contributed by atoms with van der Waals surface area (Å²) in [6.45, 7) is 3.22. The number of amides is 1. The molecule has 8 heteroatoms. The van der Waals surface area contributed by atoms with Gasteiger partial charge in [-0.05, 0) is 12.1 Å².